The molecule has 2 N–H and O–H groups in total. The quantitative estimate of drug-likeness (QED) is 0.351. The maximum atomic E-state index is 10.5. The van der Waals surface area contributed by atoms with Crippen molar-refractivity contribution in [2.75, 3.05) is 33.3 Å². The number of halogens is 1. The highest BCUT2D eigenvalue weighted by molar-refractivity contribution is 14.0. The van der Waals surface area contributed by atoms with Gasteiger partial charge < -0.3 is 20.1 Å². The average molecular weight is 507 g/mol. The number of benzene rings is 2. The summed E-state index contributed by atoms with van der Waals surface area (Å²) in [7, 11) is 1.63. The predicted octanol–water partition coefficient (Wildman–Crippen LogP) is 4.10. The second-order valence-corrected chi connectivity index (χ2v) is 6.78. The van der Waals surface area contributed by atoms with Crippen molar-refractivity contribution in [2.24, 2.45) is 4.99 Å². The van der Waals surface area contributed by atoms with E-state index < -0.39 is 6.10 Å². The number of ether oxygens (including phenoxy) is 1. The van der Waals surface area contributed by atoms with Crippen LogP contribution in [-0.4, -0.2) is 49.3 Å². The van der Waals surface area contributed by atoms with E-state index in [-0.39, 0.29) is 24.0 Å². The van der Waals surface area contributed by atoms with Gasteiger partial charge in [-0.25, -0.2) is 0 Å². The van der Waals surface area contributed by atoms with Crippen LogP contribution in [0.1, 0.15) is 30.6 Å². The molecule has 5 nitrogen and oxygen atoms in total. The SMILES string of the molecule is CCNC(=NCC(O)c1cccc(OC)c1)N1CC=C(c2ccccc2)CC1.I. The van der Waals surface area contributed by atoms with Crippen LogP contribution < -0.4 is 10.1 Å². The number of guanidine groups is 1. The van der Waals surface area contributed by atoms with Crippen LogP contribution in [0.2, 0.25) is 0 Å². The Morgan fingerprint density at radius 2 is 2.00 bits per heavy atom. The number of aliphatic hydroxyl groups is 1. The Hall–Kier alpha value is -2.06. The molecule has 1 atom stereocenters. The van der Waals surface area contributed by atoms with Crippen molar-refractivity contribution in [3.05, 3.63) is 71.8 Å². The Balaban J connectivity index is 0.00000300. The molecule has 156 valence electrons. The van der Waals surface area contributed by atoms with Crippen molar-refractivity contribution in [1.29, 1.82) is 0 Å². The number of methoxy groups -OCH3 is 1. The summed E-state index contributed by atoms with van der Waals surface area (Å²) in [6, 6.07) is 18.0. The van der Waals surface area contributed by atoms with Gasteiger partial charge in [0.1, 0.15) is 5.75 Å². The predicted molar refractivity (Wildman–Crippen MR) is 130 cm³/mol. The number of hydrogen-bond acceptors (Lipinski definition) is 3. The van der Waals surface area contributed by atoms with Gasteiger partial charge in [-0.1, -0.05) is 48.5 Å². The smallest absolute Gasteiger partial charge is 0.194 e. The van der Waals surface area contributed by atoms with Crippen LogP contribution in [0.15, 0.2) is 65.7 Å². The molecule has 0 spiro atoms. The highest BCUT2D eigenvalue weighted by atomic mass is 127. The number of aliphatic imine (C=N–C) groups is 1. The van der Waals surface area contributed by atoms with Crippen molar-refractivity contribution in [1.82, 2.24) is 10.2 Å². The fourth-order valence-electron chi connectivity index (χ4n) is 3.33. The maximum Gasteiger partial charge on any atom is 0.194 e. The van der Waals surface area contributed by atoms with Gasteiger partial charge >= 0.3 is 0 Å². The number of hydrogen-bond donors (Lipinski definition) is 2. The molecule has 0 amide bonds. The zero-order chi connectivity index (χ0) is 19.8. The van der Waals surface area contributed by atoms with Crippen LogP contribution in [-0.2, 0) is 0 Å². The van der Waals surface area contributed by atoms with Crippen LogP contribution >= 0.6 is 24.0 Å². The Morgan fingerprint density at radius 1 is 1.21 bits per heavy atom. The fourth-order valence-corrected chi connectivity index (χ4v) is 3.33. The highest BCUT2D eigenvalue weighted by Crippen LogP contribution is 2.22. The lowest BCUT2D eigenvalue weighted by Crippen LogP contribution is -2.43. The van der Waals surface area contributed by atoms with Crippen molar-refractivity contribution in [3.63, 3.8) is 0 Å². The lowest BCUT2D eigenvalue weighted by molar-refractivity contribution is 0.186. The number of nitrogens with zero attached hydrogens (tertiary/aromatic N) is 2. The largest absolute Gasteiger partial charge is 0.497 e. The van der Waals surface area contributed by atoms with Crippen LogP contribution in [0, 0.1) is 0 Å². The molecule has 2 aromatic rings. The van der Waals surface area contributed by atoms with Gasteiger partial charge in [-0.2, -0.15) is 0 Å². The molecule has 0 aliphatic carbocycles. The summed E-state index contributed by atoms with van der Waals surface area (Å²) in [6.07, 6.45) is 2.58. The van der Waals surface area contributed by atoms with Gasteiger partial charge in [0, 0.05) is 19.6 Å². The Labute approximate surface area is 190 Å². The molecule has 0 saturated heterocycles. The molecule has 1 heterocycles. The van der Waals surface area contributed by atoms with Crippen molar-refractivity contribution in [3.8, 4) is 5.75 Å². The Bertz CT molecular complexity index is 824. The van der Waals surface area contributed by atoms with Gasteiger partial charge in [0.25, 0.3) is 0 Å². The molecule has 1 aliphatic heterocycles. The molecule has 0 radical (unpaired) electrons. The van der Waals surface area contributed by atoms with E-state index in [0.717, 1.165) is 43.3 Å². The van der Waals surface area contributed by atoms with E-state index in [1.54, 1.807) is 7.11 Å². The van der Waals surface area contributed by atoms with Crippen LogP contribution in [0.5, 0.6) is 5.75 Å². The van der Waals surface area contributed by atoms with Crippen LogP contribution in [0.3, 0.4) is 0 Å². The second kappa shape index (κ2) is 11.8. The van der Waals surface area contributed by atoms with Crippen molar-refractivity contribution in [2.45, 2.75) is 19.4 Å². The molecule has 1 unspecified atom stereocenters. The Kier molecular flexibility index (Phi) is 9.47. The maximum absolute atomic E-state index is 10.5. The van der Waals surface area contributed by atoms with Crippen LogP contribution in [0.4, 0.5) is 0 Å². The normalized spacial score (nSPS) is 15.2. The van der Waals surface area contributed by atoms with E-state index in [1.165, 1.54) is 11.1 Å². The average Bonchev–Trinajstić information content (AvgIpc) is 2.77. The highest BCUT2D eigenvalue weighted by Gasteiger charge is 2.17. The third-order valence-electron chi connectivity index (χ3n) is 4.88. The summed E-state index contributed by atoms with van der Waals surface area (Å²) in [5, 5.41) is 13.9. The van der Waals surface area contributed by atoms with E-state index in [4.69, 9.17) is 4.74 Å². The molecule has 2 aromatic carbocycles. The molecule has 1 aliphatic rings. The molecular formula is C23H30IN3O2. The van der Waals surface area contributed by atoms with E-state index in [0.29, 0.717) is 6.54 Å². The van der Waals surface area contributed by atoms with Gasteiger partial charge in [-0.15, -0.1) is 24.0 Å². The topological polar surface area (TPSA) is 57.1 Å². The van der Waals surface area contributed by atoms with E-state index in [9.17, 15) is 5.11 Å². The van der Waals surface area contributed by atoms with E-state index in [1.807, 2.05) is 30.3 Å². The number of rotatable bonds is 6. The van der Waals surface area contributed by atoms with Gasteiger partial charge in [0.2, 0.25) is 0 Å². The summed E-state index contributed by atoms with van der Waals surface area (Å²) in [6.45, 7) is 4.87. The third kappa shape index (κ3) is 6.47. The van der Waals surface area contributed by atoms with Crippen LogP contribution in [0.25, 0.3) is 5.57 Å². The first kappa shape index (κ1) is 23.2. The zero-order valence-corrected chi connectivity index (χ0v) is 19.4. The summed E-state index contributed by atoms with van der Waals surface area (Å²) in [5.41, 5.74) is 3.48. The fraction of sp³-hybridized carbons (Fsp3) is 0.348. The van der Waals surface area contributed by atoms with Crippen molar-refractivity contribution >= 4 is 35.5 Å². The molecule has 0 aromatic heterocycles. The number of aliphatic hydroxyl groups excluding tert-OH is 1. The van der Waals surface area contributed by atoms with Gasteiger partial charge in [-0.05, 0) is 42.2 Å². The molecule has 3 rings (SSSR count). The lowest BCUT2D eigenvalue weighted by atomic mass is 10.00. The van der Waals surface area contributed by atoms with Gasteiger partial charge in [-0.3, -0.25) is 4.99 Å². The van der Waals surface area contributed by atoms with Crippen molar-refractivity contribution < 1.29 is 9.84 Å². The minimum atomic E-state index is -0.663. The summed E-state index contributed by atoms with van der Waals surface area (Å²) in [5.74, 6) is 1.58. The summed E-state index contributed by atoms with van der Waals surface area (Å²) < 4.78 is 5.24. The first-order valence-corrected chi connectivity index (χ1v) is 9.81. The summed E-state index contributed by atoms with van der Waals surface area (Å²) in [4.78, 5) is 6.91. The zero-order valence-electron chi connectivity index (χ0n) is 17.0. The molecule has 29 heavy (non-hydrogen) atoms. The first-order valence-electron chi connectivity index (χ1n) is 9.81. The minimum Gasteiger partial charge on any atom is -0.497 e. The number of nitrogens with one attached hydrogen (secondary N) is 1. The van der Waals surface area contributed by atoms with E-state index in [2.05, 4.69) is 52.5 Å². The molecule has 6 heteroatoms. The Morgan fingerprint density at radius 3 is 2.66 bits per heavy atom. The van der Waals surface area contributed by atoms with Gasteiger partial charge in [0.05, 0.1) is 19.8 Å². The van der Waals surface area contributed by atoms with Gasteiger partial charge in [0.15, 0.2) is 5.96 Å². The first-order chi connectivity index (χ1) is 13.7. The lowest BCUT2D eigenvalue weighted by Gasteiger charge is -2.30. The third-order valence-corrected chi connectivity index (χ3v) is 4.88. The molecular weight excluding hydrogens is 477 g/mol. The second-order valence-electron chi connectivity index (χ2n) is 6.78. The molecule has 0 bridgehead atoms. The monoisotopic (exact) mass is 507 g/mol. The molecule has 0 saturated carbocycles. The standard InChI is InChI=1S/C23H29N3O2.HI/c1-3-24-23(25-17-22(27)20-10-7-11-21(16-20)28-2)26-14-12-19(13-15-26)18-8-5-4-6-9-18;/h4-12,16,22,27H,3,13-15,17H2,1-2H3,(H,24,25);1H. The summed E-state index contributed by atoms with van der Waals surface area (Å²) >= 11 is 0. The van der Waals surface area contributed by atoms with E-state index >= 15 is 0 Å². The molecule has 0 fully saturated rings. The minimum absolute atomic E-state index is 0.